The van der Waals surface area contributed by atoms with Crippen LogP contribution >= 0.6 is 23.4 Å². The Kier molecular flexibility index (Phi) is 6.57. The number of nitrogens with zero attached hydrogens (tertiary/aromatic N) is 3. The first-order valence-electron chi connectivity index (χ1n) is 9.81. The molecule has 0 aliphatic carbocycles. The molecule has 1 aromatic heterocycles. The summed E-state index contributed by atoms with van der Waals surface area (Å²) in [5.41, 5.74) is 2.44. The zero-order valence-corrected chi connectivity index (χ0v) is 18.0. The van der Waals surface area contributed by atoms with Crippen molar-refractivity contribution in [2.24, 2.45) is 5.92 Å². The molecule has 3 aromatic rings. The van der Waals surface area contributed by atoms with Crippen LogP contribution in [0.4, 0.5) is 5.82 Å². The lowest BCUT2D eigenvalue weighted by Crippen LogP contribution is -2.36. The lowest BCUT2D eigenvalue weighted by molar-refractivity contribution is 0.222. The van der Waals surface area contributed by atoms with Crippen molar-refractivity contribution in [3.05, 3.63) is 66.1 Å². The van der Waals surface area contributed by atoms with Crippen LogP contribution in [0.1, 0.15) is 12.8 Å². The Morgan fingerprint density at radius 1 is 1.00 bits per heavy atom. The average Bonchev–Trinajstić information content (AvgIpc) is 2.78. The highest BCUT2D eigenvalue weighted by Gasteiger charge is 2.21. The number of hydrogen-bond donors (Lipinski definition) is 0. The molecule has 4 nitrogen and oxygen atoms in total. The summed E-state index contributed by atoms with van der Waals surface area (Å²) in [6.07, 6.45) is 5.78. The lowest BCUT2D eigenvalue weighted by Gasteiger charge is -2.32. The Hall–Kier alpha value is -2.24. The third-order valence-corrected chi connectivity index (χ3v) is 6.27. The summed E-state index contributed by atoms with van der Waals surface area (Å²) in [6, 6.07) is 18.9. The van der Waals surface area contributed by atoms with E-state index in [4.69, 9.17) is 16.3 Å². The van der Waals surface area contributed by atoms with Gasteiger partial charge in [0.15, 0.2) is 0 Å². The van der Waals surface area contributed by atoms with Crippen LogP contribution in [-0.4, -0.2) is 35.9 Å². The number of aromatic nitrogens is 2. The molecule has 0 N–H and O–H groups in total. The Labute approximate surface area is 181 Å². The van der Waals surface area contributed by atoms with E-state index in [2.05, 4.69) is 69.7 Å². The molecule has 0 bridgehead atoms. The third kappa shape index (κ3) is 5.22. The molecule has 29 heavy (non-hydrogen) atoms. The van der Waals surface area contributed by atoms with Crippen molar-refractivity contribution in [2.45, 2.75) is 17.7 Å². The van der Waals surface area contributed by atoms with Crippen LogP contribution in [0.25, 0.3) is 11.1 Å². The number of benzene rings is 2. The standard InChI is InChI=1S/C23H24ClN3OS/c1-29-21-8-4-19(5-9-21)18-2-6-20(7-3-18)28-15-17-10-12-27(13-11-17)23-14-22(24)25-16-26-23/h2-9,14,16-17H,10-13,15H2,1H3. The predicted octanol–water partition coefficient (Wildman–Crippen LogP) is 5.81. The van der Waals surface area contributed by atoms with Crippen LogP contribution in [-0.2, 0) is 0 Å². The fourth-order valence-corrected chi connectivity index (χ4v) is 4.12. The Morgan fingerprint density at radius 2 is 1.66 bits per heavy atom. The monoisotopic (exact) mass is 425 g/mol. The van der Waals surface area contributed by atoms with Crippen molar-refractivity contribution in [3.63, 3.8) is 0 Å². The van der Waals surface area contributed by atoms with E-state index in [-0.39, 0.29) is 0 Å². The van der Waals surface area contributed by atoms with E-state index >= 15 is 0 Å². The highest BCUT2D eigenvalue weighted by Crippen LogP contribution is 2.27. The van der Waals surface area contributed by atoms with Crippen molar-refractivity contribution in [2.75, 3.05) is 30.9 Å². The maximum atomic E-state index is 6.06. The minimum atomic E-state index is 0.490. The average molecular weight is 426 g/mol. The maximum absolute atomic E-state index is 6.06. The summed E-state index contributed by atoms with van der Waals surface area (Å²) in [7, 11) is 0. The highest BCUT2D eigenvalue weighted by atomic mass is 35.5. The molecule has 0 atom stereocenters. The van der Waals surface area contributed by atoms with Crippen molar-refractivity contribution in [3.8, 4) is 16.9 Å². The minimum Gasteiger partial charge on any atom is -0.493 e. The zero-order chi connectivity index (χ0) is 20.1. The van der Waals surface area contributed by atoms with Crippen LogP contribution in [0.3, 0.4) is 0 Å². The fraction of sp³-hybridized carbons (Fsp3) is 0.304. The molecule has 0 spiro atoms. The summed E-state index contributed by atoms with van der Waals surface area (Å²) in [4.78, 5) is 11.8. The van der Waals surface area contributed by atoms with Gasteiger partial charge in [-0.05, 0) is 60.4 Å². The van der Waals surface area contributed by atoms with Gasteiger partial charge in [-0.15, -0.1) is 11.8 Å². The largest absolute Gasteiger partial charge is 0.493 e. The normalized spacial score (nSPS) is 14.8. The number of thioether (sulfide) groups is 1. The van der Waals surface area contributed by atoms with Crippen LogP contribution < -0.4 is 9.64 Å². The topological polar surface area (TPSA) is 38.2 Å². The predicted molar refractivity (Wildman–Crippen MR) is 121 cm³/mol. The van der Waals surface area contributed by atoms with Crippen LogP contribution in [0, 0.1) is 5.92 Å². The van der Waals surface area contributed by atoms with E-state index in [1.807, 2.05) is 6.07 Å². The molecule has 1 fully saturated rings. The molecule has 1 aliphatic heterocycles. The number of rotatable bonds is 6. The zero-order valence-electron chi connectivity index (χ0n) is 16.4. The highest BCUT2D eigenvalue weighted by molar-refractivity contribution is 7.98. The van der Waals surface area contributed by atoms with Gasteiger partial charge in [-0.1, -0.05) is 35.9 Å². The van der Waals surface area contributed by atoms with Gasteiger partial charge in [-0.2, -0.15) is 0 Å². The molecule has 150 valence electrons. The molecule has 1 aliphatic rings. The molecule has 6 heteroatoms. The molecule has 0 amide bonds. The Balaban J connectivity index is 1.27. The second-order valence-corrected chi connectivity index (χ2v) is 8.46. The molecule has 1 saturated heterocycles. The summed E-state index contributed by atoms with van der Waals surface area (Å²) in [6.45, 7) is 2.68. The summed E-state index contributed by atoms with van der Waals surface area (Å²) < 4.78 is 6.06. The number of halogens is 1. The second-order valence-electron chi connectivity index (χ2n) is 7.19. The van der Waals surface area contributed by atoms with E-state index in [0.29, 0.717) is 11.1 Å². The van der Waals surface area contributed by atoms with Gasteiger partial charge in [0.2, 0.25) is 0 Å². The van der Waals surface area contributed by atoms with Crippen molar-refractivity contribution in [1.82, 2.24) is 9.97 Å². The van der Waals surface area contributed by atoms with Gasteiger partial charge in [0, 0.05) is 24.1 Å². The number of piperidine rings is 1. The van der Waals surface area contributed by atoms with Gasteiger partial charge >= 0.3 is 0 Å². The fourth-order valence-electron chi connectivity index (χ4n) is 3.57. The van der Waals surface area contributed by atoms with Crippen LogP contribution in [0.15, 0.2) is 65.8 Å². The summed E-state index contributed by atoms with van der Waals surface area (Å²) in [5.74, 6) is 2.40. The van der Waals surface area contributed by atoms with Crippen LogP contribution in [0.5, 0.6) is 5.75 Å². The minimum absolute atomic E-state index is 0.490. The Bertz CT molecular complexity index is 926. The van der Waals surface area contributed by atoms with Gasteiger partial charge in [0.05, 0.1) is 6.61 Å². The van der Waals surface area contributed by atoms with E-state index in [0.717, 1.165) is 44.1 Å². The van der Waals surface area contributed by atoms with Gasteiger partial charge in [0.1, 0.15) is 23.0 Å². The second kappa shape index (κ2) is 9.51. The SMILES string of the molecule is CSc1ccc(-c2ccc(OCC3CCN(c4cc(Cl)ncn4)CC3)cc2)cc1. The Morgan fingerprint density at radius 3 is 2.28 bits per heavy atom. The van der Waals surface area contributed by atoms with E-state index in [9.17, 15) is 0 Å². The van der Waals surface area contributed by atoms with Gasteiger partial charge < -0.3 is 9.64 Å². The van der Waals surface area contributed by atoms with E-state index in [1.165, 1.54) is 22.3 Å². The van der Waals surface area contributed by atoms with E-state index in [1.54, 1.807) is 11.8 Å². The smallest absolute Gasteiger partial charge is 0.134 e. The first-order valence-corrected chi connectivity index (χ1v) is 11.4. The van der Waals surface area contributed by atoms with Crippen molar-refractivity contribution >= 4 is 29.2 Å². The van der Waals surface area contributed by atoms with Crippen molar-refractivity contribution < 1.29 is 4.74 Å². The first kappa shape index (κ1) is 20.0. The summed E-state index contributed by atoms with van der Waals surface area (Å²) >= 11 is 7.73. The number of ether oxygens (including phenoxy) is 1. The van der Waals surface area contributed by atoms with E-state index < -0.39 is 0 Å². The molecular formula is C23H24ClN3OS. The molecule has 2 heterocycles. The number of hydrogen-bond acceptors (Lipinski definition) is 5. The first-order chi connectivity index (χ1) is 14.2. The lowest BCUT2D eigenvalue weighted by atomic mass is 9.98. The van der Waals surface area contributed by atoms with Gasteiger partial charge in [-0.25, -0.2) is 9.97 Å². The van der Waals surface area contributed by atoms with Gasteiger partial charge in [-0.3, -0.25) is 0 Å². The summed E-state index contributed by atoms with van der Waals surface area (Å²) in [5, 5.41) is 0.490. The van der Waals surface area contributed by atoms with Gasteiger partial charge in [0.25, 0.3) is 0 Å². The van der Waals surface area contributed by atoms with Crippen molar-refractivity contribution in [1.29, 1.82) is 0 Å². The third-order valence-electron chi connectivity index (χ3n) is 5.32. The molecule has 0 saturated carbocycles. The molecule has 2 aromatic carbocycles. The molecular weight excluding hydrogens is 402 g/mol. The molecule has 0 unspecified atom stereocenters. The molecule has 4 rings (SSSR count). The quantitative estimate of drug-likeness (QED) is 0.367. The molecule has 0 radical (unpaired) electrons. The van der Waals surface area contributed by atoms with Crippen LogP contribution in [0.2, 0.25) is 5.15 Å². The maximum Gasteiger partial charge on any atom is 0.134 e. The number of anilines is 1.